The monoisotopic (exact) mass is 413 g/mol. The van der Waals surface area contributed by atoms with Crippen molar-refractivity contribution in [3.8, 4) is 0 Å². The molecule has 1 aliphatic heterocycles. The van der Waals surface area contributed by atoms with Gasteiger partial charge in [0, 0.05) is 11.4 Å². The van der Waals surface area contributed by atoms with Gasteiger partial charge in [0.05, 0.1) is 23.6 Å². The number of methoxy groups -OCH3 is 1. The molecule has 144 valence electrons. The van der Waals surface area contributed by atoms with Crippen LogP contribution < -0.4 is 0 Å². The van der Waals surface area contributed by atoms with Gasteiger partial charge < -0.3 is 4.74 Å². The largest absolute Gasteiger partial charge is 0.465 e. The zero-order valence-electron chi connectivity index (χ0n) is 15.2. The minimum Gasteiger partial charge on any atom is -0.465 e. The van der Waals surface area contributed by atoms with Crippen LogP contribution in [0.3, 0.4) is 0 Å². The fourth-order valence-corrected chi connectivity index (χ4v) is 6.12. The van der Waals surface area contributed by atoms with Crippen molar-refractivity contribution in [3.63, 3.8) is 0 Å². The Morgan fingerprint density at radius 1 is 1.11 bits per heavy atom. The van der Waals surface area contributed by atoms with Crippen molar-refractivity contribution in [1.82, 2.24) is 4.31 Å². The van der Waals surface area contributed by atoms with Gasteiger partial charge in [-0.2, -0.15) is 4.31 Å². The summed E-state index contributed by atoms with van der Waals surface area (Å²) in [6.07, 6.45) is 0.673. The third-order valence-electron chi connectivity index (χ3n) is 4.90. The number of benzene rings is 2. The van der Waals surface area contributed by atoms with Crippen molar-refractivity contribution < 1.29 is 17.9 Å². The summed E-state index contributed by atoms with van der Waals surface area (Å²) in [5.74, 6) is -0.560. The number of rotatable bonds is 4. The van der Waals surface area contributed by atoms with E-state index in [4.69, 9.17) is 4.74 Å². The van der Waals surface area contributed by atoms with E-state index in [-0.39, 0.29) is 16.5 Å². The van der Waals surface area contributed by atoms with E-state index in [9.17, 15) is 13.2 Å². The Hall–Kier alpha value is -2.48. The lowest BCUT2D eigenvalue weighted by atomic mass is 9.95. The first-order chi connectivity index (χ1) is 13.5. The van der Waals surface area contributed by atoms with Crippen molar-refractivity contribution >= 4 is 27.3 Å². The molecular formula is C21H19NO4S2. The van der Waals surface area contributed by atoms with Gasteiger partial charge in [-0.25, -0.2) is 13.2 Å². The highest BCUT2D eigenvalue weighted by Crippen LogP contribution is 2.40. The van der Waals surface area contributed by atoms with Crippen LogP contribution in [0.1, 0.15) is 32.4 Å². The average Bonchev–Trinajstić information content (AvgIpc) is 3.22. The molecular weight excluding hydrogens is 394 g/mol. The molecule has 28 heavy (non-hydrogen) atoms. The third kappa shape index (κ3) is 3.26. The molecule has 0 bridgehead atoms. The van der Waals surface area contributed by atoms with Gasteiger partial charge in [-0.3, -0.25) is 0 Å². The summed E-state index contributed by atoms with van der Waals surface area (Å²) in [7, 11) is -2.54. The molecule has 0 N–H and O–H groups in total. The van der Waals surface area contributed by atoms with Crippen molar-refractivity contribution in [2.75, 3.05) is 13.7 Å². The van der Waals surface area contributed by atoms with Gasteiger partial charge >= 0.3 is 5.97 Å². The second-order valence-electron chi connectivity index (χ2n) is 6.50. The Kier molecular flexibility index (Phi) is 5.05. The molecule has 0 amide bonds. The molecule has 7 heteroatoms. The van der Waals surface area contributed by atoms with E-state index >= 15 is 0 Å². The summed E-state index contributed by atoms with van der Waals surface area (Å²) >= 11 is 1.66. The molecule has 1 aliphatic rings. The van der Waals surface area contributed by atoms with Gasteiger partial charge in [0.1, 0.15) is 0 Å². The molecule has 0 aliphatic carbocycles. The van der Waals surface area contributed by atoms with Crippen LogP contribution >= 0.6 is 11.3 Å². The molecule has 5 nitrogen and oxygen atoms in total. The number of hydrogen-bond acceptors (Lipinski definition) is 5. The van der Waals surface area contributed by atoms with E-state index in [1.165, 1.54) is 28.4 Å². The van der Waals surface area contributed by atoms with Crippen LogP contribution in [0.15, 0.2) is 70.9 Å². The molecule has 0 spiro atoms. The Morgan fingerprint density at radius 3 is 2.64 bits per heavy atom. The number of nitrogens with zero attached hydrogens (tertiary/aromatic N) is 1. The van der Waals surface area contributed by atoms with Gasteiger partial charge in [0.2, 0.25) is 10.0 Å². The second kappa shape index (κ2) is 7.50. The Morgan fingerprint density at radius 2 is 1.89 bits per heavy atom. The Balaban J connectivity index is 1.81. The van der Waals surface area contributed by atoms with Crippen molar-refractivity contribution in [3.05, 3.63) is 87.6 Å². The highest BCUT2D eigenvalue weighted by molar-refractivity contribution is 7.89. The highest BCUT2D eigenvalue weighted by atomic mass is 32.2. The highest BCUT2D eigenvalue weighted by Gasteiger charge is 2.38. The van der Waals surface area contributed by atoms with Gasteiger partial charge in [-0.05, 0) is 47.2 Å². The normalized spacial score (nSPS) is 17.1. The molecule has 0 fully saturated rings. The van der Waals surface area contributed by atoms with Crippen LogP contribution in [-0.4, -0.2) is 32.3 Å². The molecule has 1 atom stereocenters. The lowest BCUT2D eigenvalue weighted by molar-refractivity contribution is 0.0600. The molecule has 4 rings (SSSR count). The van der Waals surface area contributed by atoms with Crippen molar-refractivity contribution in [2.45, 2.75) is 17.4 Å². The molecule has 1 aromatic heterocycles. The number of sulfonamides is 1. The van der Waals surface area contributed by atoms with Crippen LogP contribution in [0.5, 0.6) is 0 Å². The van der Waals surface area contributed by atoms with Crippen LogP contribution in [-0.2, 0) is 21.2 Å². The predicted octanol–water partition coefficient (Wildman–Crippen LogP) is 3.87. The summed E-state index contributed by atoms with van der Waals surface area (Å²) in [5, 5.41) is 2.01. The summed E-state index contributed by atoms with van der Waals surface area (Å²) < 4.78 is 33.4. The van der Waals surface area contributed by atoms with Gasteiger partial charge in [-0.15, -0.1) is 11.3 Å². The van der Waals surface area contributed by atoms with Gasteiger partial charge in [0.15, 0.2) is 0 Å². The summed E-state index contributed by atoms with van der Waals surface area (Å²) in [5.41, 5.74) is 2.16. The zero-order valence-corrected chi connectivity index (χ0v) is 16.9. The molecule has 0 saturated heterocycles. The fourth-order valence-electron chi connectivity index (χ4n) is 3.57. The van der Waals surface area contributed by atoms with Crippen molar-refractivity contribution in [2.24, 2.45) is 0 Å². The number of carbonyl (C=O) groups excluding carboxylic acids is 1. The topological polar surface area (TPSA) is 63.7 Å². The van der Waals surface area contributed by atoms with Crippen LogP contribution in [0.4, 0.5) is 0 Å². The number of ether oxygens (including phenoxy) is 1. The standard InChI is InChI=1S/C21H19NO4S2/c1-26-21(23)16-8-5-9-17(14-16)28(24,25)22-12-10-19-18(11-13-27-19)20(22)15-6-3-2-4-7-15/h2-9,11,13-14,20H,10,12H2,1H3. The molecule has 0 saturated carbocycles. The van der Waals surface area contributed by atoms with Crippen LogP contribution in [0.25, 0.3) is 0 Å². The number of esters is 1. The van der Waals surface area contributed by atoms with E-state index in [1.54, 1.807) is 23.5 Å². The van der Waals surface area contributed by atoms with E-state index in [0.717, 1.165) is 11.1 Å². The molecule has 3 aromatic rings. The number of carbonyl (C=O) groups is 1. The van der Waals surface area contributed by atoms with E-state index in [0.29, 0.717) is 13.0 Å². The summed E-state index contributed by atoms with van der Waals surface area (Å²) in [6.45, 7) is 0.387. The minimum atomic E-state index is -3.81. The van der Waals surface area contributed by atoms with E-state index < -0.39 is 16.0 Å². The maximum absolute atomic E-state index is 13.5. The molecule has 0 radical (unpaired) electrons. The number of fused-ring (bicyclic) bond motifs is 1. The predicted molar refractivity (Wildman–Crippen MR) is 108 cm³/mol. The van der Waals surface area contributed by atoms with Gasteiger partial charge in [-0.1, -0.05) is 36.4 Å². The lowest BCUT2D eigenvalue weighted by Gasteiger charge is -2.35. The number of hydrogen-bond donors (Lipinski definition) is 0. The molecule has 2 aromatic carbocycles. The quantitative estimate of drug-likeness (QED) is 0.609. The SMILES string of the molecule is COC(=O)c1cccc(S(=O)(=O)N2CCc3sccc3C2c2ccccc2)c1. The first kappa shape index (κ1) is 18.9. The summed E-state index contributed by atoms with van der Waals surface area (Å²) in [4.78, 5) is 13.2. The Labute approximate surface area is 168 Å². The minimum absolute atomic E-state index is 0.0926. The van der Waals surface area contributed by atoms with Crippen LogP contribution in [0.2, 0.25) is 0 Å². The lowest BCUT2D eigenvalue weighted by Crippen LogP contribution is -2.40. The second-order valence-corrected chi connectivity index (χ2v) is 9.39. The third-order valence-corrected chi connectivity index (χ3v) is 7.76. The van der Waals surface area contributed by atoms with Gasteiger partial charge in [0.25, 0.3) is 0 Å². The maximum Gasteiger partial charge on any atom is 0.337 e. The molecule has 2 heterocycles. The first-order valence-corrected chi connectivity index (χ1v) is 11.2. The summed E-state index contributed by atoms with van der Waals surface area (Å²) in [6, 6.07) is 17.3. The smallest absolute Gasteiger partial charge is 0.337 e. The fraction of sp³-hybridized carbons (Fsp3) is 0.190. The van der Waals surface area contributed by atoms with Crippen molar-refractivity contribution in [1.29, 1.82) is 0 Å². The Bertz CT molecular complexity index is 1110. The molecule has 1 unspecified atom stereocenters. The van der Waals surface area contributed by atoms with E-state index in [1.807, 2.05) is 41.8 Å². The first-order valence-electron chi connectivity index (χ1n) is 8.84. The maximum atomic E-state index is 13.5. The average molecular weight is 414 g/mol. The zero-order chi connectivity index (χ0) is 19.7. The van der Waals surface area contributed by atoms with Crippen LogP contribution in [0, 0.1) is 0 Å². The number of thiophene rings is 1. The van der Waals surface area contributed by atoms with E-state index in [2.05, 4.69) is 0 Å².